The number of nitrogens with one attached hydrogen (secondary N) is 1. The van der Waals surface area contributed by atoms with E-state index in [0.717, 1.165) is 13.0 Å². The third-order valence-electron chi connectivity index (χ3n) is 3.01. The Labute approximate surface area is 113 Å². The molecule has 2 nitrogen and oxygen atoms in total. The standard InChI is InChI=1S/C15H20N2S/c1-12-4-5-14(10-15(12)17(2)3)16-8-6-13-7-9-18-11-13/h4-5,7,9-11,16H,6,8H2,1-3H3. The van der Waals surface area contributed by atoms with Crippen LogP contribution in [0.2, 0.25) is 0 Å². The highest BCUT2D eigenvalue weighted by Crippen LogP contribution is 2.22. The smallest absolute Gasteiger partial charge is 0.0411 e. The highest BCUT2D eigenvalue weighted by Gasteiger charge is 2.02. The zero-order valence-electron chi connectivity index (χ0n) is 11.2. The summed E-state index contributed by atoms with van der Waals surface area (Å²) in [5.74, 6) is 0. The maximum Gasteiger partial charge on any atom is 0.0411 e. The van der Waals surface area contributed by atoms with Gasteiger partial charge in [-0.3, -0.25) is 0 Å². The van der Waals surface area contributed by atoms with Crippen molar-refractivity contribution >= 4 is 22.7 Å². The number of anilines is 2. The van der Waals surface area contributed by atoms with Crippen LogP contribution in [0.15, 0.2) is 35.0 Å². The van der Waals surface area contributed by atoms with Crippen LogP contribution in [0.1, 0.15) is 11.1 Å². The van der Waals surface area contributed by atoms with Gasteiger partial charge >= 0.3 is 0 Å². The number of thiophene rings is 1. The van der Waals surface area contributed by atoms with Crippen LogP contribution in [-0.2, 0) is 6.42 Å². The molecule has 0 aliphatic heterocycles. The molecule has 1 N–H and O–H groups in total. The van der Waals surface area contributed by atoms with Crippen LogP contribution in [0.25, 0.3) is 0 Å². The second-order valence-corrected chi connectivity index (χ2v) is 5.48. The minimum Gasteiger partial charge on any atom is -0.385 e. The molecular weight excluding hydrogens is 240 g/mol. The fourth-order valence-electron chi connectivity index (χ4n) is 1.99. The average Bonchev–Trinajstić information content (AvgIpc) is 2.84. The summed E-state index contributed by atoms with van der Waals surface area (Å²) < 4.78 is 0. The van der Waals surface area contributed by atoms with E-state index in [0.29, 0.717) is 0 Å². The Morgan fingerprint density at radius 2 is 2.06 bits per heavy atom. The molecule has 0 radical (unpaired) electrons. The molecule has 0 bridgehead atoms. The lowest BCUT2D eigenvalue weighted by atomic mass is 10.1. The molecule has 96 valence electrons. The van der Waals surface area contributed by atoms with Gasteiger partial charge in [-0.1, -0.05) is 6.07 Å². The van der Waals surface area contributed by atoms with Gasteiger partial charge in [0.1, 0.15) is 0 Å². The lowest BCUT2D eigenvalue weighted by Crippen LogP contribution is -2.11. The third kappa shape index (κ3) is 3.26. The lowest BCUT2D eigenvalue weighted by molar-refractivity contribution is 1.02. The van der Waals surface area contributed by atoms with Crippen LogP contribution in [0, 0.1) is 6.92 Å². The van der Waals surface area contributed by atoms with Crippen molar-refractivity contribution in [1.29, 1.82) is 0 Å². The normalized spacial score (nSPS) is 10.4. The molecule has 2 aromatic rings. The summed E-state index contributed by atoms with van der Waals surface area (Å²) in [5, 5.41) is 7.82. The van der Waals surface area contributed by atoms with Crippen LogP contribution in [-0.4, -0.2) is 20.6 Å². The molecule has 0 amide bonds. The topological polar surface area (TPSA) is 15.3 Å². The zero-order valence-corrected chi connectivity index (χ0v) is 12.1. The van der Waals surface area contributed by atoms with Crippen molar-refractivity contribution in [1.82, 2.24) is 0 Å². The first-order chi connectivity index (χ1) is 8.66. The van der Waals surface area contributed by atoms with E-state index in [9.17, 15) is 0 Å². The van der Waals surface area contributed by atoms with Crippen molar-refractivity contribution in [3.05, 3.63) is 46.2 Å². The van der Waals surface area contributed by atoms with Gasteiger partial charge in [-0.05, 0) is 53.4 Å². The molecule has 0 saturated carbocycles. The maximum absolute atomic E-state index is 3.48. The summed E-state index contributed by atoms with van der Waals surface area (Å²) in [6.07, 6.45) is 1.08. The Morgan fingerprint density at radius 1 is 1.22 bits per heavy atom. The van der Waals surface area contributed by atoms with Gasteiger partial charge in [0.2, 0.25) is 0 Å². The molecule has 18 heavy (non-hydrogen) atoms. The monoisotopic (exact) mass is 260 g/mol. The molecule has 1 aromatic heterocycles. The number of hydrogen-bond donors (Lipinski definition) is 1. The van der Waals surface area contributed by atoms with Gasteiger partial charge in [-0.2, -0.15) is 11.3 Å². The summed E-state index contributed by atoms with van der Waals surface area (Å²) in [6, 6.07) is 8.72. The molecular formula is C15H20N2S. The predicted molar refractivity (Wildman–Crippen MR) is 82.0 cm³/mol. The quantitative estimate of drug-likeness (QED) is 0.880. The number of hydrogen-bond acceptors (Lipinski definition) is 3. The van der Waals surface area contributed by atoms with Crippen LogP contribution < -0.4 is 10.2 Å². The van der Waals surface area contributed by atoms with Crippen LogP contribution in [0.5, 0.6) is 0 Å². The molecule has 1 heterocycles. The van der Waals surface area contributed by atoms with Crippen molar-refractivity contribution in [3.8, 4) is 0 Å². The molecule has 0 spiro atoms. The molecule has 0 aliphatic rings. The fourth-order valence-corrected chi connectivity index (χ4v) is 2.69. The van der Waals surface area contributed by atoms with Gasteiger partial charge in [-0.25, -0.2) is 0 Å². The number of nitrogens with zero attached hydrogens (tertiary/aromatic N) is 1. The Bertz CT molecular complexity index is 489. The highest BCUT2D eigenvalue weighted by atomic mass is 32.1. The molecule has 0 fully saturated rings. The first-order valence-corrected chi connectivity index (χ1v) is 7.14. The van der Waals surface area contributed by atoms with E-state index in [1.165, 1.54) is 22.5 Å². The molecule has 2 rings (SSSR count). The van der Waals surface area contributed by atoms with Gasteiger partial charge in [0.25, 0.3) is 0 Å². The summed E-state index contributed by atoms with van der Waals surface area (Å²) in [4.78, 5) is 2.15. The number of aryl methyl sites for hydroxylation is 1. The summed E-state index contributed by atoms with van der Waals surface area (Å²) in [7, 11) is 4.16. The second kappa shape index (κ2) is 5.91. The molecule has 0 unspecified atom stereocenters. The zero-order chi connectivity index (χ0) is 13.0. The third-order valence-corrected chi connectivity index (χ3v) is 3.75. The first kappa shape index (κ1) is 13.0. The van der Waals surface area contributed by atoms with E-state index in [1.807, 2.05) is 0 Å². The average molecular weight is 260 g/mol. The van der Waals surface area contributed by atoms with E-state index in [2.05, 4.69) is 66.3 Å². The van der Waals surface area contributed by atoms with Crippen molar-refractivity contribution < 1.29 is 0 Å². The van der Waals surface area contributed by atoms with E-state index in [1.54, 1.807) is 11.3 Å². The van der Waals surface area contributed by atoms with Gasteiger partial charge in [0.05, 0.1) is 0 Å². The van der Waals surface area contributed by atoms with Crippen molar-refractivity contribution in [2.24, 2.45) is 0 Å². The summed E-state index contributed by atoms with van der Waals surface area (Å²) in [6.45, 7) is 3.12. The molecule has 0 atom stereocenters. The Morgan fingerprint density at radius 3 is 2.72 bits per heavy atom. The van der Waals surface area contributed by atoms with E-state index in [-0.39, 0.29) is 0 Å². The van der Waals surface area contributed by atoms with Crippen LogP contribution in [0.3, 0.4) is 0 Å². The minimum absolute atomic E-state index is 0.979. The van der Waals surface area contributed by atoms with Crippen molar-refractivity contribution in [2.75, 3.05) is 30.9 Å². The van der Waals surface area contributed by atoms with Gasteiger partial charge in [0.15, 0.2) is 0 Å². The Hall–Kier alpha value is -1.48. The summed E-state index contributed by atoms with van der Waals surface area (Å²) >= 11 is 1.76. The van der Waals surface area contributed by atoms with Gasteiger partial charge < -0.3 is 10.2 Å². The van der Waals surface area contributed by atoms with E-state index >= 15 is 0 Å². The SMILES string of the molecule is Cc1ccc(NCCc2ccsc2)cc1N(C)C. The van der Waals surface area contributed by atoms with Crippen LogP contribution in [0.4, 0.5) is 11.4 Å². The van der Waals surface area contributed by atoms with Gasteiger partial charge in [-0.15, -0.1) is 0 Å². The number of benzene rings is 1. The molecule has 1 aromatic carbocycles. The first-order valence-electron chi connectivity index (χ1n) is 6.20. The van der Waals surface area contributed by atoms with E-state index in [4.69, 9.17) is 0 Å². The largest absolute Gasteiger partial charge is 0.385 e. The Kier molecular flexibility index (Phi) is 4.26. The molecule has 0 saturated heterocycles. The van der Waals surface area contributed by atoms with Crippen molar-refractivity contribution in [3.63, 3.8) is 0 Å². The van der Waals surface area contributed by atoms with Crippen LogP contribution >= 0.6 is 11.3 Å². The Balaban J connectivity index is 1.95. The molecule has 0 aliphatic carbocycles. The maximum atomic E-state index is 3.48. The second-order valence-electron chi connectivity index (χ2n) is 4.70. The highest BCUT2D eigenvalue weighted by molar-refractivity contribution is 7.07. The minimum atomic E-state index is 0.979. The number of rotatable bonds is 5. The van der Waals surface area contributed by atoms with E-state index < -0.39 is 0 Å². The lowest BCUT2D eigenvalue weighted by Gasteiger charge is -2.17. The molecule has 3 heteroatoms. The fraction of sp³-hybridized carbons (Fsp3) is 0.333. The van der Waals surface area contributed by atoms with Crippen molar-refractivity contribution in [2.45, 2.75) is 13.3 Å². The predicted octanol–water partition coefficient (Wildman–Crippen LogP) is 3.78. The summed E-state index contributed by atoms with van der Waals surface area (Å²) in [5.41, 5.74) is 5.19. The van der Waals surface area contributed by atoms with Gasteiger partial charge in [0, 0.05) is 32.0 Å².